The minimum absolute atomic E-state index is 0.697. The van der Waals surface area contributed by atoms with E-state index >= 15 is 0 Å². The molecule has 0 saturated heterocycles. The van der Waals surface area contributed by atoms with Crippen LogP contribution in [0.1, 0.15) is 42.9 Å². The van der Waals surface area contributed by atoms with Crippen LogP contribution in [0.4, 0.5) is 0 Å². The normalized spacial score (nSPS) is 14.9. The average molecular weight is 321 g/mol. The van der Waals surface area contributed by atoms with Gasteiger partial charge >= 0.3 is 0 Å². The first-order valence-corrected chi connectivity index (χ1v) is 8.38. The van der Waals surface area contributed by atoms with Crippen molar-refractivity contribution in [2.24, 2.45) is 4.99 Å². The van der Waals surface area contributed by atoms with Crippen LogP contribution in [0.5, 0.6) is 5.75 Å². The third kappa shape index (κ3) is 3.07. The van der Waals surface area contributed by atoms with Crippen LogP contribution in [0.15, 0.2) is 53.5 Å². The van der Waals surface area contributed by atoms with E-state index in [0.717, 1.165) is 41.8 Å². The largest absolute Gasteiger partial charge is 0.497 e. The summed E-state index contributed by atoms with van der Waals surface area (Å²) >= 11 is 0. The molecule has 0 fully saturated rings. The predicted octanol–water partition coefficient (Wildman–Crippen LogP) is 5.16. The molecule has 0 atom stereocenters. The van der Waals surface area contributed by atoms with Crippen molar-refractivity contribution in [3.8, 4) is 5.75 Å². The Kier molecular flexibility index (Phi) is 4.99. The highest BCUT2D eigenvalue weighted by Gasteiger charge is 2.23. The number of unbranched alkanes of at least 4 members (excludes halogenated alkanes) is 1. The first kappa shape index (κ1) is 16.3. The molecule has 0 radical (unpaired) electrons. The number of aliphatic imine (C=N–C) groups is 1. The Morgan fingerprint density at radius 1 is 0.917 bits per heavy atom. The van der Waals surface area contributed by atoms with Gasteiger partial charge in [-0.2, -0.15) is 0 Å². The van der Waals surface area contributed by atoms with Crippen molar-refractivity contribution in [3.05, 3.63) is 65.2 Å². The zero-order chi connectivity index (χ0) is 16.9. The van der Waals surface area contributed by atoms with Crippen molar-refractivity contribution < 1.29 is 9.47 Å². The molecular formula is C21H23NO2. The summed E-state index contributed by atoms with van der Waals surface area (Å²) in [6.07, 6.45) is 3.27. The van der Waals surface area contributed by atoms with Crippen molar-refractivity contribution >= 4 is 17.2 Å². The molecule has 0 bridgehead atoms. The molecule has 0 unspecified atom stereocenters. The maximum Gasteiger partial charge on any atom is 0.221 e. The van der Waals surface area contributed by atoms with E-state index in [-0.39, 0.29) is 0 Å². The summed E-state index contributed by atoms with van der Waals surface area (Å²) in [6.45, 7) is 2.21. The Morgan fingerprint density at radius 2 is 1.62 bits per heavy atom. The molecule has 2 aromatic rings. The molecule has 3 nitrogen and oxygen atoms in total. The number of ether oxygens (including phenoxy) is 2. The number of hydrogen-bond acceptors (Lipinski definition) is 3. The fraction of sp³-hybridized carbons (Fsp3) is 0.286. The third-order valence-corrected chi connectivity index (χ3v) is 4.32. The van der Waals surface area contributed by atoms with Crippen molar-refractivity contribution in [3.63, 3.8) is 0 Å². The van der Waals surface area contributed by atoms with E-state index in [1.54, 1.807) is 14.2 Å². The molecule has 0 aliphatic carbocycles. The zero-order valence-electron chi connectivity index (χ0n) is 14.5. The smallest absolute Gasteiger partial charge is 0.221 e. The van der Waals surface area contributed by atoms with Crippen LogP contribution in [-0.2, 0) is 4.74 Å². The van der Waals surface area contributed by atoms with Gasteiger partial charge in [-0.1, -0.05) is 43.7 Å². The van der Waals surface area contributed by atoms with Crippen molar-refractivity contribution in [2.75, 3.05) is 14.2 Å². The maximum absolute atomic E-state index is 5.49. The number of allylic oxidation sites excluding steroid dienone is 1. The maximum atomic E-state index is 5.49. The lowest BCUT2D eigenvalue weighted by atomic mass is 9.94. The highest BCUT2D eigenvalue weighted by molar-refractivity contribution is 6.11. The van der Waals surface area contributed by atoms with E-state index in [4.69, 9.17) is 14.5 Å². The topological polar surface area (TPSA) is 30.8 Å². The first-order valence-electron chi connectivity index (χ1n) is 8.38. The summed E-state index contributed by atoms with van der Waals surface area (Å²) < 4.78 is 10.8. The fourth-order valence-corrected chi connectivity index (χ4v) is 3.03. The van der Waals surface area contributed by atoms with Crippen LogP contribution >= 0.6 is 0 Å². The van der Waals surface area contributed by atoms with E-state index in [9.17, 15) is 0 Å². The highest BCUT2D eigenvalue weighted by atomic mass is 16.5. The lowest BCUT2D eigenvalue weighted by Crippen LogP contribution is -1.99. The molecule has 1 aliphatic heterocycles. The molecular weight excluding hydrogens is 298 g/mol. The number of nitrogens with zero attached hydrogens (tertiary/aromatic N) is 1. The second kappa shape index (κ2) is 7.35. The van der Waals surface area contributed by atoms with Crippen molar-refractivity contribution in [1.29, 1.82) is 0 Å². The second-order valence-corrected chi connectivity index (χ2v) is 5.83. The Labute approximate surface area is 143 Å². The predicted molar refractivity (Wildman–Crippen MR) is 99.3 cm³/mol. The van der Waals surface area contributed by atoms with Crippen LogP contribution in [-0.4, -0.2) is 20.1 Å². The number of methoxy groups -OCH3 is 2. The van der Waals surface area contributed by atoms with Gasteiger partial charge in [-0.15, -0.1) is 0 Å². The first-order chi connectivity index (χ1) is 11.8. The van der Waals surface area contributed by atoms with Gasteiger partial charge in [0.2, 0.25) is 5.90 Å². The molecule has 0 N–H and O–H groups in total. The number of hydrogen-bond donors (Lipinski definition) is 0. The SMILES string of the molecule is CCCC/C(=C1\N=C(OC)c2ccccc21)c1ccc(OC)cc1. The molecule has 0 amide bonds. The monoisotopic (exact) mass is 321 g/mol. The minimum atomic E-state index is 0.697. The van der Waals surface area contributed by atoms with Gasteiger partial charge < -0.3 is 9.47 Å². The van der Waals surface area contributed by atoms with Crippen LogP contribution in [0.25, 0.3) is 11.3 Å². The summed E-state index contributed by atoms with van der Waals surface area (Å²) in [7, 11) is 3.37. The molecule has 3 rings (SSSR count). The fourth-order valence-electron chi connectivity index (χ4n) is 3.03. The minimum Gasteiger partial charge on any atom is -0.497 e. The van der Waals surface area contributed by atoms with E-state index in [1.807, 2.05) is 18.2 Å². The van der Waals surface area contributed by atoms with E-state index in [0.29, 0.717) is 5.90 Å². The summed E-state index contributed by atoms with van der Waals surface area (Å²) in [5.74, 6) is 1.56. The molecule has 0 aromatic heterocycles. The lowest BCUT2D eigenvalue weighted by Gasteiger charge is -2.12. The van der Waals surface area contributed by atoms with Crippen LogP contribution in [0.2, 0.25) is 0 Å². The Hall–Kier alpha value is -2.55. The Morgan fingerprint density at radius 3 is 2.25 bits per heavy atom. The molecule has 3 heteroatoms. The average Bonchev–Trinajstić information content (AvgIpc) is 3.01. The summed E-state index contributed by atoms with van der Waals surface area (Å²) in [5, 5.41) is 0. The van der Waals surface area contributed by atoms with E-state index in [2.05, 4.69) is 37.3 Å². The van der Waals surface area contributed by atoms with Gasteiger partial charge in [-0.05, 0) is 42.2 Å². The van der Waals surface area contributed by atoms with Gasteiger partial charge in [0.1, 0.15) is 5.75 Å². The summed E-state index contributed by atoms with van der Waals surface area (Å²) in [4.78, 5) is 4.79. The van der Waals surface area contributed by atoms with E-state index < -0.39 is 0 Å². The van der Waals surface area contributed by atoms with Gasteiger partial charge in [-0.3, -0.25) is 0 Å². The van der Waals surface area contributed by atoms with Crippen molar-refractivity contribution in [2.45, 2.75) is 26.2 Å². The quantitative estimate of drug-likeness (QED) is 0.761. The molecule has 24 heavy (non-hydrogen) atoms. The molecule has 1 heterocycles. The number of benzene rings is 2. The van der Waals surface area contributed by atoms with Crippen molar-refractivity contribution in [1.82, 2.24) is 0 Å². The van der Waals surface area contributed by atoms with Gasteiger partial charge in [0.15, 0.2) is 0 Å². The molecule has 0 spiro atoms. The molecule has 1 aliphatic rings. The summed E-state index contributed by atoms with van der Waals surface area (Å²) in [5.41, 5.74) is 5.70. The second-order valence-electron chi connectivity index (χ2n) is 5.83. The van der Waals surface area contributed by atoms with E-state index in [1.165, 1.54) is 11.1 Å². The lowest BCUT2D eigenvalue weighted by molar-refractivity contribution is 0.406. The Balaban J connectivity index is 2.13. The molecule has 0 saturated carbocycles. The number of rotatable bonds is 5. The molecule has 2 aromatic carbocycles. The zero-order valence-corrected chi connectivity index (χ0v) is 14.5. The van der Waals surface area contributed by atoms with Gasteiger partial charge in [0.25, 0.3) is 0 Å². The Bertz CT molecular complexity index is 773. The van der Waals surface area contributed by atoms with Gasteiger partial charge in [0.05, 0.1) is 19.9 Å². The number of fused-ring (bicyclic) bond motifs is 1. The standard InChI is InChI=1S/C21H23NO2/c1-4-5-8-17(15-11-13-16(23-2)14-12-15)20-18-9-6-7-10-19(18)21(22-20)24-3/h6-7,9-14H,4-5,8H2,1-3H3/b20-17+. The highest BCUT2D eigenvalue weighted by Crippen LogP contribution is 2.37. The molecule has 124 valence electrons. The third-order valence-electron chi connectivity index (χ3n) is 4.32. The van der Waals surface area contributed by atoms with Crippen LogP contribution < -0.4 is 4.74 Å². The van der Waals surface area contributed by atoms with Gasteiger partial charge in [-0.25, -0.2) is 4.99 Å². The van der Waals surface area contributed by atoms with Gasteiger partial charge in [0, 0.05) is 11.1 Å². The van der Waals surface area contributed by atoms with Crippen LogP contribution in [0.3, 0.4) is 0 Å². The van der Waals surface area contributed by atoms with Crippen LogP contribution in [0, 0.1) is 0 Å². The summed E-state index contributed by atoms with van der Waals surface area (Å²) in [6, 6.07) is 16.5.